The number of carbonyl (C=O) groups is 1. The average molecular weight is 285 g/mol. The third-order valence-corrected chi connectivity index (χ3v) is 3.85. The maximum absolute atomic E-state index is 12.5. The molecule has 0 bridgehead atoms. The van der Waals surface area contributed by atoms with Gasteiger partial charge in [-0.05, 0) is 37.6 Å². The lowest BCUT2D eigenvalue weighted by Crippen LogP contribution is -2.35. The van der Waals surface area contributed by atoms with Gasteiger partial charge in [-0.1, -0.05) is 6.07 Å². The van der Waals surface area contributed by atoms with E-state index in [0.29, 0.717) is 0 Å². The van der Waals surface area contributed by atoms with E-state index in [4.69, 9.17) is 0 Å². The van der Waals surface area contributed by atoms with Crippen LogP contribution in [0.3, 0.4) is 0 Å². The molecule has 5 nitrogen and oxygen atoms in total. The highest BCUT2D eigenvalue weighted by Crippen LogP contribution is 2.18. The fraction of sp³-hybridized carbons (Fsp3) is 0.312. The third kappa shape index (κ3) is 2.86. The number of rotatable bonds is 3. The standard InChI is InChI=1S/C16H19N3O2/c1-11-7-8-14(15(20)18(11)3)16(21)19(4)12(2)13-6-5-9-17-10-13/h5-10,12H,1-4H3/t12-/m1/s1. The Hall–Kier alpha value is -2.43. The number of amides is 1. The number of hydrogen-bond acceptors (Lipinski definition) is 3. The molecule has 0 fully saturated rings. The van der Waals surface area contributed by atoms with Crippen molar-refractivity contribution in [2.75, 3.05) is 7.05 Å². The SMILES string of the molecule is Cc1ccc(C(=O)N(C)[C@H](C)c2cccnc2)c(=O)n1C. The van der Waals surface area contributed by atoms with Crippen LogP contribution in [0.25, 0.3) is 0 Å². The largest absolute Gasteiger partial charge is 0.335 e. The van der Waals surface area contributed by atoms with Crippen LogP contribution in [-0.2, 0) is 7.05 Å². The van der Waals surface area contributed by atoms with Gasteiger partial charge in [0, 0.05) is 32.2 Å². The second-order valence-corrected chi connectivity index (χ2v) is 5.13. The van der Waals surface area contributed by atoms with Crippen molar-refractivity contribution in [3.63, 3.8) is 0 Å². The second kappa shape index (κ2) is 5.91. The summed E-state index contributed by atoms with van der Waals surface area (Å²) in [7, 11) is 3.36. The van der Waals surface area contributed by atoms with Crippen LogP contribution in [0, 0.1) is 6.92 Å². The van der Waals surface area contributed by atoms with Crippen molar-refractivity contribution < 1.29 is 4.79 Å². The van der Waals surface area contributed by atoms with Crippen LogP contribution in [0.2, 0.25) is 0 Å². The van der Waals surface area contributed by atoms with E-state index in [1.165, 1.54) is 4.57 Å². The second-order valence-electron chi connectivity index (χ2n) is 5.13. The molecule has 1 amide bonds. The molecule has 0 N–H and O–H groups in total. The Morgan fingerprint density at radius 2 is 2.05 bits per heavy atom. The van der Waals surface area contributed by atoms with Crippen LogP contribution in [0.4, 0.5) is 0 Å². The van der Waals surface area contributed by atoms with E-state index in [1.54, 1.807) is 43.5 Å². The highest BCUT2D eigenvalue weighted by molar-refractivity contribution is 5.94. The summed E-state index contributed by atoms with van der Waals surface area (Å²) < 4.78 is 1.48. The van der Waals surface area contributed by atoms with E-state index in [2.05, 4.69) is 4.98 Å². The van der Waals surface area contributed by atoms with Gasteiger partial charge in [0.1, 0.15) is 5.56 Å². The lowest BCUT2D eigenvalue weighted by Gasteiger charge is -2.25. The molecule has 2 aromatic rings. The lowest BCUT2D eigenvalue weighted by molar-refractivity contribution is 0.0740. The van der Waals surface area contributed by atoms with Crippen LogP contribution in [-0.4, -0.2) is 27.4 Å². The average Bonchev–Trinajstić information content (AvgIpc) is 2.51. The van der Waals surface area contributed by atoms with Crippen LogP contribution >= 0.6 is 0 Å². The van der Waals surface area contributed by atoms with Crippen molar-refractivity contribution in [1.29, 1.82) is 0 Å². The van der Waals surface area contributed by atoms with E-state index in [0.717, 1.165) is 11.3 Å². The van der Waals surface area contributed by atoms with Crippen molar-refractivity contribution in [1.82, 2.24) is 14.5 Å². The summed E-state index contributed by atoms with van der Waals surface area (Å²) in [5.74, 6) is -0.285. The van der Waals surface area contributed by atoms with Gasteiger partial charge >= 0.3 is 0 Å². The van der Waals surface area contributed by atoms with Crippen molar-refractivity contribution in [3.8, 4) is 0 Å². The zero-order valence-corrected chi connectivity index (χ0v) is 12.7. The summed E-state index contributed by atoms with van der Waals surface area (Å²) in [5.41, 5.74) is 1.66. The van der Waals surface area contributed by atoms with Crippen molar-refractivity contribution in [2.24, 2.45) is 7.05 Å². The van der Waals surface area contributed by atoms with E-state index in [9.17, 15) is 9.59 Å². The molecule has 0 spiro atoms. The molecule has 0 radical (unpaired) electrons. The molecule has 0 saturated heterocycles. The van der Waals surface area contributed by atoms with Gasteiger partial charge in [0.05, 0.1) is 6.04 Å². The molecular weight excluding hydrogens is 266 g/mol. The normalized spacial score (nSPS) is 12.0. The number of nitrogens with zero attached hydrogens (tertiary/aromatic N) is 3. The van der Waals surface area contributed by atoms with Gasteiger partial charge in [-0.15, -0.1) is 0 Å². The number of hydrogen-bond donors (Lipinski definition) is 0. The van der Waals surface area contributed by atoms with Gasteiger partial charge in [-0.2, -0.15) is 0 Å². The molecule has 2 rings (SSSR count). The fourth-order valence-electron chi connectivity index (χ4n) is 2.10. The number of aryl methyl sites for hydroxylation is 1. The van der Waals surface area contributed by atoms with E-state index in [-0.39, 0.29) is 23.1 Å². The fourth-order valence-corrected chi connectivity index (χ4v) is 2.10. The van der Waals surface area contributed by atoms with Gasteiger partial charge in [0.2, 0.25) is 0 Å². The van der Waals surface area contributed by atoms with Crippen molar-refractivity contribution >= 4 is 5.91 Å². The molecule has 0 aliphatic heterocycles. The lowest BCUT2D eigenvalue weighted by atomic mass is 10.1. The number of pyridine rings is 2. The Morgan fingerprint density at radius 3 is 2.67 bits per heavy atom. The topological polar surface area (TPSA) is 55.2 Å². The van der Waals surface area contributed by atoms with E-state index < -0.39 is 0 Å². The summed E-state index contributed by atoms with van der Waals surface area (Å²) >= 11 is 0. The number of aromatic nitrogens is 2. The van der Waals surface area contributed by atoms with Gasteiger partial charge in [0.25, 0.3) is 11.5 Å². The highest BCUT2D eigenvalue weighted by Gasteiger charge is 2.21. The Morgan fingerprint density at radius 1 is 1.33 bits per heavy atom. The first-order valence-electron chi connectivity index (χ1n) is 6.77. The first-order valence-corrected chi connectivity index (χ1v) is 6.77. The van der Waals surface area contributed by atoms with Crippen LogP contribution < -0.4 is 5.56 Å². The van der Waals surface area contributed by atoms with Crippen LogP contribution in [0.15, 0.2) is 41.5 Å². The Kier molecular flexibility index (Phi) is 4.21. The van der Waals surface area contributed by atoms with Crippen molar-refractivity contribution in [2.45, 2.75) is 19.9 Å². The molecule has 0 saturated carbocycles. The highest BCUT2D eigenvalue weighted by atomic mass is 16.2. The third-order valence-electron chi connectivity index (χ3n) is 3.85. The quantitative estimate of drug-likeness (QED) is 0.865. The Bertz CT molecular complexity index is 707. The predicted molar refractivity (Wildman–Crippen MR) is 81.2 cm³/mol. The zero-order chi connectivity index (χ0) is 15.6. The monoisotopic (exact) mass is 285 g/mol. The Labute approximate surface area is 123 Å². The van der Waals surface area contributed by atoms with Crippen LogP contribution in [0.5, 0.6) is 0 Å². The van der Waals surface area contributed by atoms with Gasteiger partial charge < -0.3 is 9.47 Å². The summed E-state index contributed by atoms with van der Waals surface area (Å²) in [6, 6.07) is 6.95. The predicted octanol–water partition coefficient (Wildman–Crippen LogP) is 1.92. The van der Waals surface area contributed by atoms with Gasteiger partial charge in [0.15, 0.2) is 0 Å². The van der Waals surface area contributed by atoms with E-state index in [1.807, 2.05) is 26.0 Å². The van der Waals surface area contributed by atoms with Crippen LogP contribution in [0.1, 0.15) is 34.6 Å². The molecule has 2 aromatic heterocycles. The van der Waals surface area contributed by atoms with E-state index >= 15 is 0 Å². The molecule has 0 aliphatic carbocycles. The summed E-state index contributed by atoms with van der Waals surface area (Å²) in [4.78, 5) is 30.4. The minimum absolute atomic E-state index is 0.155. The Balaban J connectivity index is 2.32. The molecule has 0 unspecified atom stereocenters. The summed E-state index contributed by atoms with van der Waals surface area (Å²) in [6.45, 7) is 3.74. The first-order chi connectivity index (χ1) is 9.93. The molecular formula is C16H19N3O2. The maximum Gasteiger partial charge on any atom is 0.263 e. The maximum atomic E-state index is 12.5. The summed E-state index contributed by atoms with van der Waals surface area (Å²) in [5, 5.41) is 0. The molecule has 21 heavy (non-hydrogen) atoms. The van der Waals surface area contributed by atoms with Gasteiger partial charge in [-0.25, -0.2) is 0 Å². The van der Waals surface area contributed by atoms with Crippen molar-refractivity contribution in [3.05, 3.63) is 63.8 Å². The first kappa shape index (κ1) is 15.0. The molecule has 0 aromatic carbocycles. The minimum atomic E-state index is -0.285. The molecule has 1 atom stereocenters. The zero-order valence-electron chi connectivity index (χ0n) is 12.7. The smallest absolute Gasteiger partial charge is 0.263 e. The van der Waals surface area contributed by atoms with Gasteiger partial charge in [-0.3, -0.25) is 14.6 Å². The molecule has 5 heteroatoms. The number of carbonyl (C=O) groups excluding carboxylic acids is 1. The molecule has 0 aliphatic rings. The molecule has 2 heterocycles. The minimum Gasteiger partial charge on any atom is -0.335 e. The summed E-state index contributed by atoms with van der Waals surface area (Å²) in [6.07, 6.45) is 3.41. The molecule has 110 valence electrons.